The van der Waals surface area contributed by atoms with Crippen molar-refractivity contribution in [2.45, 2.75) is 77.3 Å². The minimum atomic E-state index is 0.377. The normalized spacial score (nSPS) is 27.9. The van der Waals surface area contributed by atoms with Crippen LogP contribution in [0.1, 0.15) is 65.7 Å². The monoisotopic (exact) mass is 312 g/mol. The molecule has 1 saturated carbocycles. The van der Waals surface area contributed by atoms with Crippen LogP contribution in [-0.4, -0.2) is 47.6 Å². The van der Waals surface area contributed by atoms with Crippen molar-refractivity contribution in [3.63, 3.8) is 0 Å². The van der Waals surface area contributed by atoms with Crippen molar-refractivity contribution in [3.05, 3.63) is 0 Å². The van der Waals surface area contributed by atoms with Gasteiger partial charge in [-0.2, -0.15) is 11.8 Å². The molecule has 0 bridgehead atoms. The van der Waals surface area contributed by atoms with Gasteiger partial charge in [0.2, 0.25) is 0 Å². The van der Waals surface area contributed by atoms with E-state index in [-0.39, 0.29) is 0 Å². The maximum absolute atomic E-state index is 3.95. The molecule has 3 heteroatoms. The SMILES string of the molecule is CCSCCN1CC(CC)(CC)NCC1C1CCCCC1. The Morgan fingerprint density at radius 1 is 1.10 bits per heavy atom. The Balaban J connectivity index is 2.00. The summed E-state index contributed by atoms with van der Waals surface area (Å²) in [6.45, 7) is 10.8. The van der Waals surface area contributed by atoms with E-state index < -0.39 is 0 Å². The minimum Gasteiger partial charge on any atom is -0.308 e. The van der Waals surface area contributed by atoms with Gasteiger partial charge in [0.25, 0.3) is 0 Å². The van der Waals surface area contributed by atoms with Crippen LogP contribution in [0.4, 0.5) is 0 Å². The van der Waals surface area contributed by atoms with Crippen LogP contribution in [0.2, 0.25) is 0 Å². The Kier molecular flexibility index (Phi) is 7.37. The first-order valence-electron chi connectivity index (χ1n) is 9.31. The van der Waals surface area contributed by atoms with Crippen LogP contribution in [-0.2, 0) is 0 Å². The second-order valence-electron chi connectivity index (χ2n) is 7.00. The lowest BCUT2D eigenvalue weighted by atomic mass is 9.79. The average Bonchev–Trinajstić information content (AvgIpc) is 2.56. The number of nitrogens with zero attached hydrogens (tertiary/aromatic N) is 1. The fraction of sp³-hybridized carbons (Fsp3) is 1.00. The van der Waals surface area contributed by atoms with E-state index in [2.05, 4.69) is 42.7 Å². The Bertz CT molecular complexity index is 285. The summed E-state index contributed by atoms with van der Waals surface area (Å²) in [4.78, 5) is 2.86. The van der Waals surface area contributed by atoms with E-state index in [0.717, 1.165) is 12.0 Å². The molecule has 1 N–H and O–H groups in total. The molecule has 1 heterocycles. The molecule has 1 aliphatic heterocycles. The van der Waals surface area contributed by atoms with Gasteiger partial charge >= 0.3 is 0 Å². The molecule has 0 radical (unpaired) electrons. The molecule has 0 spiro atoms. The first-order chi connectivity index (χ1) is 10.2. The summed E-state index contributed by atoms with van der Waals surface area (Å²) < 4.78 is 0. The van der Waals surface area contributed by atoms with Gasteiger partial charge in [-0.05, 0) is 37.4 Å². The van der Waals surface area contributed by atoms with Gasteiger partial charge in [-0.25, -0.2) is 0 Å². The molecule has 0 aromatic rings. The number of hydrogen-bond acceptors (Lipinski definition) is 3. The van der Waals surface area contributed by atoms with E-state index in [9.17, 15) is 0 Å². The van der Waals surface area contributed by atoms with Crippen LogP contribution in [0, 0.1) is 5.92 Å². The van der Waals surface area contributed by atoms with Gasteiger partial charge in [0.05, 0.1) is 0 Å². The van der Waals surface area contributed by atoms with Crippen molar-refractivity contribution >= 4 is 11.8 Å². The van der Waals surface area contributed by atoms with Crippen molar-refractivity contribution in [2.24, 2.45) is 5.92 Å². The molecule has 0 aromatic heterocycles. The zero-order valence-electron chi connectivity index (χ0n) is 14.5. The highest BCUT2D eigenvalue weighted by atomic mass is 32.2. The first kappa shape index (κ1) is 17.6. The lowest BCUT2D eigenvalue weighted by molar-refractivity contribution is 0.0372. The zero-order chi connectivity index (χ0) is 15.1. The van der Waals surface area contributed by atoms with E-state index in [0.29, 0.717) is 5.54 Å². The van der Waals surface area contributed by atoms with Crippen molar-refractivity contribution in [1.82, 2.24) is 10.2 Å². The highest BCUT2D eigenvalue weighted by Gasteiger charge is 2.39. The summed E-state index contributed by atoms with van der Waals surface area (Å²) in [5.74, 6) is 3.51. The topological polar surface area (TPSA) is 15.3 Å². The maximum atomic E-state index is 3.95. The summed E-state index contributed by atoms with van der Waals surface area (Å²) in [6, 6.07) is 0.800. The summed E-state index contributed by atoms with van der Waals surface area (Å²) >= 11 is 2.10. The third kappa shape index (κ3) is 4.62. The molecule has 0 aromatic carbocycles. The number of nitrogens with one attached hydrogen (secondary N) is 1. The maximum Gasteiger partial charge on any atom is 0.0304 e. The lowest BCUT2D eigenvalue weighted by Gasteiger charge is -2.50. The van der Waals surface area contributed by atoms with E-state index >= 15 is 0 Å². The van der Waals surface area contributed by atoms with Crippen LogP contribution >= 0.6 is 11.8 Å². The summed E-state index contributed by atoms with van der Waals surface area (Å²) in [6.07, 6.45) is 9.85. The fourth-order valence-electron chi connectivity index (χ4n) is 4.29. The molecule has 1 aliphatic carbocycles. The van der Waals surface area contributed by atoms with Crippen molar-refractivity contribution in [1.29, 1.82) is 0 Å². The van der Waals surface area contributed by atoms with Crippen molar-refractivity contribution in [2.75, 3.05) is 31.1 Å². The van der Waals surface area contributed by atoms with Gasteiger partial charge in [0.1, 0.15) is 0 Å². The molecule has 124 valence electrons. The Hall–Kier alpha value is 0.270. The number of hydrogen-bond donors (Lipinski definition) is 1. The molecular formula is C18H36N2S. The number of piperazine rings is 1. The molecule has 2 nitrogen and oxygen atoms in total. The van der Waals surface area contributed by atoms with Gasteiger partial charge in [-0.3, -0.25) is 4.90 Å². The minimum absolute atomic E-state index is 0.377. The predicted octanol–water partition coefficient (Wildman–Crippen LogP) is 4.15. The van der Waals surface area contributed by atoms with Crippen LogP contribution in [0.25, 0.3) is 0 Å². The quantitative estimate of drug-likeness (QED) is 0.711. The Labute approximate surface area is 136 Å². The summed E-state index contributed by atoms with van der Waals surface area (Å²) in [5.41, 5.74) is 0.377. The molecule has 0 amide bonds. The summed E-state index contributed by atoms with van der Waals surface area (Å²) in [5, 5.41) is 3.95. The van der Waals surface area contributed by atoms with Gasteiger partial charge < -0.3 is 5.32 Å². The van der Waals surface area contributed by atoms with E-state index in [1.807, 2.05) is 0 Å². The van der Waals surface area contributed by atoms with Crippen LogP contribution in [0.3, 0.4) is 0 Å². The largest absolute Gasteiger partial charge is 0.308 e. The molecular weight excluding hydrogens is 276 g/mol. The van der Waals surface area contributed by atoms with Crippen molar-refractivity contribution < 1.29 is 0 Å². The summed E-state index contributed by atoms with van der Waals surface area (Å²) in [7, 11) is 0. The van der Waals surface area contributed by atoms with Crippen LogP contribution in [0.15, 0.2) is 0 Å². The molecule has 1 unspecified atom stereocenters. The molecule has 21 heavy (non-hydrogen) atoms. The van der Waals surface area contributed by atoms with Crippen LogP contribution in [0.5, 0.6) is 0 Å². The first-order valence-corrected chi connectivity index (χ1v) is 10.5. The third-order valence-corrected chi connectivity index (χ3v) is 6.81. The highest BCUT2D eigenvalue weighted by Crippen LogP contribution is 2.33. The zero-order valence-corrected chi connectivity index (χ0v) is 15.3. The van der Waals surface area contributed by atoms with Gasteiger partial charge in [-0.15, -0.1) is 0 Å². The second kappa shape index (κ2) is 8.79. The average molecular weight is 313 g/mol. The molecule has 2 fully saturated rings. The second-order valence-corrected chi connectivity index (χ2v) is 8.40. The highest BCUT2D eigenvalue weighted by molar-refractivity contribution is 7.99. The van der Waals surface area contributed by atoms with Gasteiger partial charge in [-0.1, -0.05) is 40.0 Å². The number of thioether (sulfide) groups is 1. The van der Waals surface area contributed by atoms with E-state index in [1.54, 1.807) is 0 Å². The van der Waals surface area contributed by atoms with Crippen molar-refractivity contribution in [3.8, 4) is 0 Å². The standard InChI is InChI=1S/C18H36N2S/c1-4-18(5-2)15-20(12-13-21-6-3)17(14-19-18)16-10-8-7-9-11-16/h16-17,19H,4-15H2,1-3H3. The lowest BCUT2D eigenvalue weighted by Crippen LogP contribution is -2.65. The van der Waals surface area contributed by atoms with Gasteiger partial charge in [0.15, 0.2) is 0 Å². The molecule has 2 aliphatic rings. The van der Waals surface area contributed by atoms with E-state index in [4.69, 9.17) is 0 Å². The van der Waals surface area contributed by atoms with E-state index in [1.165, 1.54) is 76.1 Å². The van der Waals surface area contributed by atoms with Crippen LogP contribution < -0.4 is 5.32 Å². The Morgan fingerprint density at radius 2 is 1.81 bits per heavy atom. The molecule has 1 atom stereocenters. The molecule has 1 saturated heterocycles. The number of rotatable bonds is 7. The fourth-order valence-corrected chi connectivity index (χ4v) is 4.94. The third-order valence-electron chi connectivity index (χ3n) is 5.94. The Morgan fingerprint density at radius 3 is 2.43 bits per heavy atom. The van der Waals surface area contributed by atoms with Gasteiger partial charge in [0, 0.05) is 37.0 Å². The predicted molar refractivity (Wildman–Crippen MR) is 96.3 cm³/mol. The molecule has 2 rings (SSSR count). The smallest absolute Gasteiger partial charge is 0.0304 e.